The second-order valence-electron chi connectivity index (χ2n) is 4.00. The molecule has 0 aliphatic heterocycles. The molecule has 0 N–H and O–H groups in total. The molecule has 0 heterocycles. The Balaban J connectivity index is 0. The van der Waals surface area contributed by atoms with E-state index in [1.807, 2.05) is 0 Å². The summed E-state index contributed by atoms with van der Waals surface area (Å²) in [5.41, 5.74) is 0. The van der Waals surface area contributed by atoms with Gasteiger partial charge in [0.05, 0.1) is 0 Å². The molecule has 0 spiro atoms. The minimum absolute atomic E-state index is 1.37. The predicted molar refractivity (Wildman–Crippen MR) is 70.5 cm³/mol. The van der Waals surface area contributed by atoms with Crippen LogP contribution in [0.1, 0.15) is 0 Å². The van der Waals surface area contributed by atoms with E-state index in [1.54, 1.807) is 0 Å². The molecule has 0 atom stereocenters. The van der Waals surface area contributed by atoms with Gasteiger partial charge < -0.3 is 0 Å². The van der Waals surface area contributed by atoms with E-state index in [0.29, 0.717) is 0 Å². The van der Waals surface area contributed by atoms with Gasteiger partial charge in [0.1, 0.15) is 0 Å². The minimum atomic E-state index is -10.7. The fourth-order valence-electron chi connectivity index (χ4n) is 1.07. The normalized spacial score (nSPS) is 17.3. The molecule has 0 aliphatic carbocycles. The maximum absolute atomic E-state index is 10.7. The van der Waals surface area contributed by atoms with Crippen molar-refractivity contribution < 1.29 is 25.2 Å². The van der Waals surface area contributed by atoms with Crippen LogP contribution in [0.4, 0.5) is 25.2 Å². The summed E-state index contributed by atoms with van der Waals surface area (Å²) >= 11 is 3.77. The van der Waals surface area contributed by atoms with Crippen molar-refractivity contribution in [3.63, 3.8) is 0 Å². The quantitative estimate of drug-likeness (QED) is 0.491. The summed E-state index contributed by atoms with van der Waals surface area (Å²) in [5.74, 6) is 0. The van der Waals surface area contributed by atoms with Crippen LogP contribution in [0.5, 0.6) is 0 Å². The van der Waals surface area contributed by atoms with E-state index < -0.39 is 14.2 Å². The molecule has 0 aromatic rings. The van der Waals surface area contributed by atoms with E-state index in [4.69, 9.17) is 0 Å². The van der Waals surface area contributed by atoms with Crippen LogP contribution in [0, 0.1) is 0 Å². The number of hydrogen-bond donors (Lipinski definition) is 0. The fourth-order valence-corrected chi connectivity index (χ4v) is 3.22. The van der Waals surface area contributed by atoms with Gasteiger partial charge in [0.25, 0.3) is 6.42 Å². The molecule has 0 aromatic heterocycles. The molecule has 0 fully saturated rings. The molecule has 0 amide bonds. The van der Waals surface area contributed by atoms with Gasteiger partial charge in [0, 0.05) is 42.3 Å². The Morgan fingerprint density at radius 1 is 0.667 bits per heavy atom. The molecule has 0 unspecified atom stereocenters. The van der Waals surface area contributed by atoms with E-state index in [1.165, 1.54) is 0 Å². The third kappa shape index (κ3) is 11.9. The van der Waals surface area contributed by atoms with Gasteiger partial charge in [-0.15, -0.1) is 14.0 Å². The van der Waals surface area contributed by atoms with E-state index in [-0.39, 0.29) is 0 Å². The Morgan fingerprint density at radius 3 is 0.778 bits per heavy atom. The maximum atomic E-state index is 9.87. The molecule has 12 heteroatoms. The summed E-state index contributed by atoms with van der Waals surface area (Å²) < 4.78 is 65.8. The number of nitrogens with zero attached hydrogens (tertiary/aromatic N) is 3. The SMILES string of the molecule is CN(C)[P+](Br)(N(C)C)N(C)C.F[P-](F)(F)(F)(F)F. The molecule has 0 rings (SSSR count). The zero-order valence-electron chi connectivity index (χ0n) is 10.9. The fraction of sp³-hybridized carbons (Fsp3) is 1.00. The van der Waals surface area contributed by atoms with Crippen LogP contribution in [-0.4, -0.2) is 56.3 Å². The summed E-state index contributed by atoms with van der Waals surface area (Å²) in [6.45, 7) is 0. The molecule has 0 aromatic carbocycles. The number of halogens is 7. The summed E-state index contributed by atoms with van der Waals surface area (Å²) in [6, 6.07) is 0. The van der Waals surface area contributed by atoms with E-state index in [9.17, 15) is 25.2 Å². The Labute approximate surface area is 112 Å². The molecular formula is C6H18BrF6N3P2. The zero-order valence-corrected chi connectivity index (χ0v) is 14.3. The van der Waals surface area contributed by atoms with Gasteiger partial charge in [-0.05, 0) is 0 Å². The summed E-state index contributed by atoms with van der Waals surface area (Å²) in [6.07, 6.45) is -1.37. The van der Waals surface area contributed by atoms with E-state index in [0.717, 1.165) is 0 Å². The van der Waals surface area contributed by atoms with Crippen LogP contribution in [0.2, 0.25) is 0 Å². The summed E-state index contributed by atoms with van der Waals surface area (Å²) in [7, 11) is 1.86. The van der Waals surface area contributed by atoms with E-state index in [2.05, 4.69) is 71.8 Å². The molecule has 0 radical (unpaired) electrons. The molecule has 116 valence electrons. The first-order valence-electron chi connectivity index (χ1n) is 4.47. The van der Waals surface area contributed by atoms with Gasteiger partial charge in [0.2, 0.25) is 15.5 Å². The van der Waals surface area contributed by atoms with Gasteiger partial charge in [-0.1, -0.05) is 0 Å². The molecular weight excluding hydrogens is 370 g/mol. The zero-order chi connectivity index (χ0) is 15.6. The van der Waals surface area contributed by atoms with Gasteiger partial charge in [-0.25, -0.2) is 0 Å². The van der Waals surface area contributed by atoms with Crippen molar-refractivity contribution in [3.05, 3.63) is 0 Å². The summed E-state index contributed by atoms with van der Waals surface area (Å²) in [4.78, 5) is 0. The Morgan fingerprint density at radius 2 is 0.778 bits per heavy atom. The average Bonchev–Trinajstić information content (AvgIpc) is 1.95. The van der Waals surface area contributed by atoms with Crippen LogP contribution in [0.25, 0.3) is 0 Å². The number of hydrogen-bond acceptors (Lipinski definition) is 3. The Hall–Kier alpha value is 0.800. The van der Waals surface area contributed by atoms with Crippen LogP contribution in [0.15, 0.2) is 0 Å². The monoisotopic (exact) mass is 387 g/mol. The van der Waals surface area contributed by atoms with Gasteiger partial charge in [0.15, 0.2) is 0 Å². The van der Waals surface area contributed by atoms with Gasteiger partial charge >= 0.3 is 33.0 Å². The first kappa shape index (κ1) is 21.1. The first-order chi connectivity index (χ1) is 7.28. The van der Waals surface area contributed by atoms with E-state index >= 15 is 0 Å². The predicted octanol–water partition coefficient (Wildman–Crippen LogP) is 5.13. The number of rotatable bonds is 3. The van der Waals surface area contributed by atoms with Crippen LogP contribution < -0.4 is 0 Å². The van der Waals surface area contributed by atoms with Crippen molar-refractivity contribution in [3.8, 4) is 0 Å². The average molecular weight is 388 g/mol. The Bertz CT molecular complexity index is 243. The third-order valence-electron chi connectivity index (χ3n) is 1.53. The van der Waals surface area contributed by atoms with Crippen molar-refractivity contribution in [1.29, 1.82) is 0 Å². The summed E-state index contributed by atoms with van der Waals surface area (Å²) in [5, 5.41) is 0. The second-order valence-corrected chi connectivity index (χ2v) is 12.2. The van der Waals surface area contributed by atoms with Crippen LogP contribution in [-0.2, 0) is 0 Å². The second kappa shape index (κ2) is 5.30. The molecule has 3 nitrogen and oxygen atoms in total. The molecule has 0 bridgehead atoms. The molecule has 0 aliphatic rings. The van der Waals surface area contributed by atoms with Crippen molar-refractivity contribution in [2.45, 2.75) is 0 Å². The van der Waals surface area contributed by atoms with Gasteiger partial charge in [-0.3, -0.25) is 0 Å². The molecule has 18 heavy (non-hydrogen) atoms. The van der Waals surface area contributed by atoms with Gasteiger partial charge in [-0.2, -0.15) is 0 Å². The van der Waals surface area contributed by atoms with Crippen LogP contribution >= 0.6 is 29.7 Å². The van der Waals surface area contributed by atoms with Crippen molar-refractivity contribution in [2.24, 2.45) is 0 Å². The van der Waals surface area contributed by atoms with Crippen LogP contribution in [0.3, 0.4) is 0 Å². The standard InChI is InChI=1S/C6H18BrN3P.F6P/c1-8(2)11(7,9(3)4)10(5)6;1-7(2,3,4,5)6/h1-6H3;/q+1;-1. The Kier molecular flexibility index (Phi) is 6.21. The van der Waals surface area contributed by atoms with Crippen molar-refractivity contribution in [1.82, 2.24) is 14.0 Å². The van der Waals surface area contributed by atoms with Crippen molar-refractivity contribution in [2.75, 3.05) is 42.3 Å². The third-order valence-corrected chi connectivity index (χ3v) is 10.3. The first-order valence-corrected chi connectivity index (χ1v) is 10.2. The molecule has 0 saturated carbocycles. The topological polar surface area (TPSA) is 9.72 Å². The van der Waals surface area contributed by atoms with Crippen molar-refractivity contribution >= 4 is 29.7 Å². The molecule has 0 saturated heterocycles.